The summed E-state index contributed by atoms with van der Waals surface area (Å²) in [5.41, 5.74) is 9.05. The highest BCUT2D eigenvalue weighted by molar-refractivity contribution is 7.07. The first-order chi connectivity index (χ1) is 11.0. The standard InChI is InChI=1S/C17H16N4OS/c1-10-9-14(11(2)8-13(10)15(18)19)22-17-20-16(21-23-17)12-6-4-3-5-7-12/h3-9H,1-2H3,(H3,18,19). The number of amidine groups is 1. The van der Waals surface area contributed by atoms with Crippen LogP contribution in [0.15, 0.2) is 42.5 Å². The second kappa shape index (κ2) is 6.18. The van der Waals surface area contributed by atoms with Crippen molar-refractivity contribution in [2.75, 3.05) is 0 Å². The van der Waals surface area contributed by atoms with Crippen molar-refractivity contribution in [3.8, 4) is 22.3 Å². The number of hydrogen-bond donors (Lipinski definition) is 2. The summed E-state index contributed by atoms with van der Waals surface area (Å²) in [6.45, 7) is 3.82. The molecule has 5 nitrogen and oxygen atoms in total. The van der Waals surface area contributed by atoms with E-state index in [4.69, 9.17) is 15.9 Å². The van der Waals surface area contributed by atoms with E-state index in [2.05, 4.69) is 9.36 Å². The van der Waals surface area contributed by atoms with Crippen molar-refractivity contribution in [1.29, 1.82) is 5.41 Å². The van der Waals surface area contributed by atoms with Gasteiger partial charge in [-0.3, -0.25) is 5.41 Å². The van der Waals surface area contributed by atoms with Crippen LogP contribution in [0.5, 0.6) is 10.9 Å². The van der Waals surface area contributed by atoms with Crippen LogP contribution in [0.25, 0.3) is 11.4 Å². The topological polar surface area (TPSA) is 84.9 Å². The summed E-state index contributed by atoms with van der Waals surface area (Å²) in [4.78, 5) is 4.42. The molecule has 0 saturated heterocycles. The molecule has 116 valence electrons. The molecule has 2 aromatic carbocycles. The lowest BCUT2D eigenvalue weighted by atomic mass is 10.0. The molecule has 6 heteroatoms. The van der Waals surface area contributed by atoms with Gasteiger partial charge in [-0.05, 0) is 37.1 Å². The van der Waals surface area contributed by atoms with Crippen LogP contribution in [0.1, 0.15) is 16.7 Å². The zero-order chi connectivity index (χ0) is 16.4. The predicted octanol–water partition coefficient (Wildman–Crippen LogP) is 3.90. The SMILES string of the molecule is Cc1cc(C(=N)N)c(C)cc1Oc1nc(-c2ccccc2)ns1. The molecule has 0 saturated carbocycles. The van der Waals surface area contributed by atoms with Crippen molar-refractivity contribution in [3.05, 3.63) is 59.2 Å². The number of aromatic nitrogens is 2. The number of rotatable bonds is 4. The minimum absolute atomic E-state index is 0.0550. The minimum atomic E-state index is 0.0550. The predicted molar refractivity (Wildman–Crippen MR) is 92.4 cm³/mol. The lowest BCUT2D eigenvalue weighted by Crippen LogP contribution is -2.13. The van der Waals surface area contributed by atoms with E-state index in [9.17, 15) is 0 Å². The molecular weight excluding hydrogens is 308 g/mol. The van der Waals surface area contributed by atoms with E-state index in [1.165, 1.54) is 11.5 Å². The Morgan fingerprint density at radius 2 is 1.87 bits per heavy atom. The zero-order valence-electron chi connectivity index (χ0n) is 12.8. The molecule has 3 aromatic rings. The molecule has 0 aliphatic rings. The number of nitrogen functional groups attached to an aromatic ring is 1. The molecule has 0 aliphatic heterocycles. The molecule has 0 spiro atoms. The number of nitrogens with one attached hydrogen (secondary N) is 1. The van der Waals surface area contributed by atoms with E-state index >= 15 is 0 Å². The van der Waals surface area contributed by atoms with E-state index in [0.717, 1.165) is 22.3 Å². The van der Waals surface area contributed by atoms with Gasteiger partial charge in [0.1, 0.15) is 11.6 Å². The smallest absolute Gasteiger partial charge is 0.299 e. The average Bonchev–Trinajstić information content (AvgIpc) is 3.00. The second-order valence-electron chi connectivity index (χ2n) is 5.20. The van der Waals surface area contributed by atoms with Gasteiger partial charge in [0.15, 0.2) is 5.82 Å². The van der Waals surface area contributed by atoms with Gasteiger partial charge in [0.2, 0.25) is 0 Å². The van der Waals surface area contributed by atoms with Crippen molar-refractivity contribution in [1.82, 2.24) is 9.36 Å². The lowest BCUT2D eigenvalue weighted by Gasteiger charge is -2.10. The van der Waals surface area contributed by atoms with E-state index < -0.39 is 0 Å². The Morgan fingerprint density at radius 3 is 2.57 bits per heavy atom. The van der Waals surface area contributed by atoms with Crippen LogP contribution in [0.3, 0.4) is 0 Å². The van der Waals surface area contributed by atoms with Gasteiger partial charge >= 0.3 is 0 Å². The Bertz CT molecular complexity index is 858. The van der Waals surface area contributed by atoms with Crippen molar-refractivity contribution >= 4 is 17.4 Å². The highest BCUT2D eigenvalue weighted by Gasteiger charge is 2.12. The van der Waals surface area contributed by atoms with Crippen LogP contribution in [0, 0.1) is 19.3 Å². The number of nitrogens with zero attached hydrogens (tertiary/aromatic N) is 2. The molecule has 1 heterocycles. The Kier molecular flexibility index (Phi) is 4.08. The third-order valence-electron chi connectivity index (χ3n) is 3.45. The van der Waals surface area contributed by atoms with Crippen LogP contribution in [0.4, 0.5) is 0 Å². The van der Waals surface area contributed by atoms with Crippen LogP contribution in [0.2, 0.25) is 0 Å². The first-order valence-corrected chi connectivity index (χ1v) is 7.84. The van der Waals surface area contributed by atoms with Crippen molar-refractivity contribution in [3.63, 3.8) is 0 Å². The monoisotopic (exact) mass is 324 g/mol. The normalized spacial score (nSPS) is 10.5. The van der Waals surface area contributed by atoms with E-state index in [1.54, 1.807) is 0 Å². The van der Waals surface area contributed by atoms with Crippen LogP contribution in [-0.4, -0.2) is 15.2 Å². The van der Waals surface area contributed by atoms with Gasteiger partial charge in [0, 0.05) is 22.7 Å². The molecule has 0 atom stereocenters. The Balaban J connectivity index is 1.87. The van der Waals surface area contributed by atoms with E-state index in [1.807, 2.05) is 56.3 Å². The summed E-state index contributed by atoms with van der Waals surface area (Å²) >= 11 is 1.21. The third-order valence-corrected chi connectivity index (χ3v) is 4.04. The second-order valence-corrected chi connectivity index (χ2v) is 5.91. The van der Waals surface area contributed by atoms with Gasteiger partial charge in [0.25, 0.3) is 5.19 Å². The molecule has 0 bridgehead atoms. The van der Waals surface area contributed by atoms with Crippen molar-refractivity contribution < 1.29 is 4.74 Å². The minimum Gasteiger partial charge on any atom is -0.430 e. The molecule has 23 heavy (non-hydrogen) atoms. The zero-order valence-corrected chi connectivity index (χ0v) is 13.6. The molecule has 0 radical (unpaired) electrons. The van der Waals surface area contributed by atoms with Crippen molar-refractivity contribution in [2.45, 2.75) is 13.8 Å². The number of aryl methyl sites for hydroxylation is 2. The summed E-state index contributed by atoms with van der Waals surface area (Å²) in [7, 11) is 0. The lowest BCUT2D eigenvalue weighted by molar-refractivity contribution is 0.475. The van der Waals surface area contributed by atoms with Crippen LogP contribution >= 0.6 is 11.5 Å². The maximum absolute atomic E-state index is 7.58. The number of benzene rings is 2. The number of ether oxygens (including phenoxy) is 1. The summed E-state index contributed by atoms with van der Waals surface area (Å²) < 4.78 is 10.2. The molecule has 0 aliphatic carbocycles. The fraction of sp³-hybridized carbons (Fsp3) is 0.118. The molecule has 0 amide bonds. The summed E-state index contributed by atoms with van der Waals surface area (Å²) in [5.74, 6) is 1.41. The first-order valence-electron chi connectivity index (χ1n) is 7.07. The van der Waals surface area contributed by atoms with Crippen LogP contribution in [-0.2, 0) is 0 Å². The summed E-state index contributed by atoms with van der Waals surface area (Å²) in [6, 6.07) is 13.5. The molecule has 0 fully saturated rings. The largest absolute Gasteiger partial charge is 0.430 e. The van der Waals surface area contributed by atoms with Gasteiger partial charge in [0.05, 0.1) is 0 Å². The fourth-order valence-corrected chi connectivity index (χ4v) is 2.80. The van der Waals surface area contributed by atoms with Gasteiger partial charge in [-0.15, -0.1) is 0 Å². The molecule has 1 aromatic heterocycles. The quantitative estimate of drug-likeness (QED) is 0.563. The Labute approximate surface area is 138 Å². The van der Waals surface area contributed by atoms with Gasteiger partial charge in [-0.1, -0.05) is 30.3 Å². The molecule has 3 rings (SSSR count). The van der Waals surface area contributed by atoms with Gasteiger partial charge in [-0.25, -0.2) is 0 Å². The molecular formula is C17H16N4OS. The Hall–Kier alpha value is -2.73. The van der Waals surface area contributed by atoms with E-state index in [0.29, 0.717) is 16.8 Å². The average molecular weight is 324 g/mol. The van der Waals surface area contributed by atoms with E-state index in [-0.39, 0.29) is 5.84 Å². The van der Waals surface area contributed by atoms with Gasteiger partial charge in [-0.2, -0.15) is 9.36 Å². The molecule has 0 unspecified atom stereocenters. The van der Waals surface area contributed by atoms with Crippen molar-refractivity contribution in [2.24, 2.45) is 5.73 Å². The highest BCUT2D eigenvalue weighted by atomic mass is 32.1. The maximum atomic E-state index is 7.58. The molecule has 3 N–H and O–H groups in total. The number of nitrogens with two attached hydrogens (primary N) is 1. The first kappa shape index (κ1) is 15.2. The van der Waals surface area contributed by atoms with Gasteiger partial charge < -0.3 is 10.5 Å². The number of hydrogen-bond acceptors (Lipinski definition) is 5. The van der Waals surface area contributed by atoms with Crippen LogP contribution < -0.4 is 10.5 Å². The third kappa shape index (κ3) is 3.22. The summed E-state index contributed by atoms with van der Waals surface area (Å²) in [6.07, 6.45) is 0. The summed E-state index contributed by atoms with van der Waals surface area (Å²) in [5, 5.41) is 8.07. The maximum Gasteiger partial charge on any atom is 0.299 e. The Morgan fingerprint density at radius 1 is 1.13 bits per heavy atom. The fourth-order valence-electron chi connectivity index (χ4n) is 2.24. The highest BCUT2D eigenvalue weighted by Crippen LogP contribution is 2.30.